The molecule has 0 radical (unpaired) electrons. The predicted molar refractivity (Wildman–Crippen MR) is 86.3 cm³/mol. The molecular formula is C18H15FN4O. The van der Waals surface area contributed by atoms with Crippen molar-refractivity contribution in [3.63, 3.8) is 0 Å². The van der Waals surface area contributed by atoms with Crippen molar-refractivity contribution < 1.29 is 9.18 Å². The van der Waals surface area contributed by atoms with Gasteiger partial charge in [-0.3, -0.25) is 9.36 Å². The summed E-state index contributed by atoms with van der Waals surface area (Å²) in [5.74, 6) is 0.231. The Morgan fingerprint density at radius 2 is 2.17 bits per heavy atom. The molecule has 4 rings (SSSR count). The number of hydrogen-bond donors (Lipinski definition) is 1. The second-order valence-electron chi connectivity index (χ2n) is 5.78. The lowest BCUT2D eigenvalue weighted by atomic mass is 10.1. The van der Waals surface area contributed by atoms with Gasteiger partial charge in [0.05, 0.1) is 6.04 Å². The first kappa shape index (κ1) is 14.6. The molecule has 0 spiro atoms. The first-order chi connectivity index (χ1) is 11.7. The van der Waals surface area contributed by atoms with Crippen molar-refractivity contribution in [2.45, 2.75) is 18.9 Å². The zero-order valence-electron chi connectivity index (χ0n) is 12.8. The summed E-state index contributed by atoms with van der Waals surface area (Å²) in [5, 5.41) is 3.03. The van der Waals surface area contributed by atoms with E-state index < -0.39 is 0 Å². The summed E-state index contributed by atoms with van der Waals surface area (Å²) in [4.78, 5) is 20.8. The lowest BCUT2D eigenvalue weighted by Gasteiger charge is -2.14. The summed E-state index contributed by atoms with van der Waals surface area (Å²) in [6.45, 7) is 0. The highest BCUT2D eigenvalue weighted by molar-refractivity contribution is 5.94. The largest absolute Gasteiger partial charge is 0.345 e. The van der Waals surface area contributed by atoms with Crippen LogP contribution < -0.4 is 5.32 Å². The van der Waals surface area contributed by atoms with Gasteiger partial charge in [0.15, 0.2) is 0 Å². The number of nitrogens with zero attached hydrogens (tertiary/aromatic N) is 3. The van der Waals surface area contributed by atoms with Gasteiger partial charge >= 0.3 is 0 Å². The zero-order valence-corrected chi connectivity index (χ0v) is 12.8. The number of aromatic nitrogens is 3. The van der Waals surface area contributed by atoms with Crippen LogP contribution in [-0.4, -0.2) is 20.4 Å². The first-order valence-corrected chi connectivity index (χ1v) is 7.74. The number of aryl methyl sites for hydroxylation is 1. The fourth-order valence-electron chi connectivity index (χ4n) is 3.07. The van der Waals surface area contributed by atoms with Crippen LogP contribution in [0.4, 0.5) is 4.39 Å². The van der Waals surface area contributed by atoms with Crippen LogP contribution in [0.25, 0.3) is 5.82 Å². The number of imidazole rings is 1. The summed E-state index contributed by atoms with van der Waals surface area (Å²) >= 11 is 0. The fraction of sp³-hybridized carbons (Fsp3) is 0.167. The first-order valence-electron chi connectivity index (χ1n) is 7.74. The molecule has 1 N–H and O–H groups in total. The number of benzene rings is 1. The lowest BCUT2D eigenvalue weighted by molar-refractivity contribution is 0.0936. The maximum absolute atomic E-state index is 13.3. The average Bonchev–Trinajstić information content (AvgIpc) is 3.25. The Morgan fingerprint density at radius 3 is 3.00 bits per heavy atom. The van der Waals surface area contributed by atoms with Gasteiger partial charge in [0.2, 0.25) is 0 Å². The van der Waals surface area contributed by atoms with E-state index >= 15 is 0 Å². The van der Waals surface area contributed by atoms with E-state index in [0.717, 1.165) is 24.0 Å². The molecule has 1 aromatic carbocycles. The third-order valence-corrected chi connectivity index (χ3v) is 4.26. The smallest absolute Gasteiger partial charge is 0.251 e. The number of amides is 1. The van der Waals surface area contributed by atoms with Crippen molar-refractivity contribution in [3.05, 3.63) is 77.8 Å². The molecule has 1 atom stereocenters. The Hall–Kier alpha value is -3.02. The van der Waals surface area contributed by atoms with Crippen LogP contribution in [0.5, 0.6) is 0 Å². The Bertz CT molecular complexity index is 892. The van der Waals surface area contributed by atoms with Crippen molar-refractivity contribution in [1.29, 1.82) is 0 Å². The second-order valence-corrected chi connectivity index (χ2v) is 5.78. The number of nitrogens with one attached hydrogen (secondary N) is 1. The molecule has 1 amide bonds. The molecule has 120 valence electrons. The summed E-state index contributed by atoms with van der Waals surface area (Å²) in [6, 6.07) is 8.05. The highest BCUT2D eigenvalue weighted by atomic mass is 19.1. The molecule has 0 saturated heterocycles. The molecule has 2 heterocycles. The summed E-state index contributed by atoms with van der Waals surface area (Å²) in [5.41, 5.74) is 2.49. The fourth-order valence-corrected chi connectivity index (χ4v) is 3.07. The Labute approximate surface area is 138 Å². The van der Waals surface area contributed by atoms with Crippen LogP contribution in [-0.2, 0) is 6.42 Å². The quantitative estimate of drug-likeness (QED) is 0.806. The molecule has 3 aromatic rings. The van der Waals surface area contributed by atoms with E-state index in [1.807, 2.05) is 0 Å². The van der Waals surface area contributed by atoms with E-state index in [1.54, 1.807) is 53.8 Å². The number of hydrogen-bond acceptors (Lipinski definition) is 3. The van der Waals surface area contributed by atoms with Gasteiger partial charge in [0, 0.05) is 24.2 Å². The molecule has 1 aliphatic carbocycles. The lowest BCUT2D eigenvalue weighted by Crippen LogP contribution is -2.27. The third-order valence-electron chi connectivity index (χ3n) is 4.26. The highest BCUT2D eigenvalue weighted by Crippen LogP contribution is 2.31. The number of rotatable bonds is 3. The minimum atomic E-state index is -0.236. The monoisotopic (exact) mass is 322 g/mol. The average molecular weight is 322 g/mol. The Kier molecular flexibility index (Phi) is 3.57. The molecule has 0 saturated carbocycles. The maximum atomic E-state index is 13.3. The van der Waals surface area contributed by atoms with E-state index in [4.69, 9.17) is 0 Å². The molecule has 6 heteroatoms. The molecular weight excluding hydrogens is 307 g/mol. The molecule has 24 heavy (non-hydrogen) atoms. The molecule has 5 nitrogen and oxygen atoms in total. The van der Waals surface area contributed by atoms with Gasteiger partial charge in [-0.2, -0.15) is 0 Å². The summed E-state index contributed by atoms with van der Waals surface area (Å²) in [6.07, 6.45) is 8.21. The van der Waals surface area contributed by atoms with Crippen molar-refractivity contribution in [2.24, 2.45) is 0 Å². The van der Waals surface area contributed by atoms with Crippen LogP contribution in [0.2, 0.25) is 0 Å². The van der Waals surface area contributed by atoms with Gasteiger partial charge in [-0.1, -0.05) is 6.07 Å². The molecule has 2 aromatic heterocycles. The van der Waals surface area contributed by atoms with Gasteiger partial charge in [-0.15, -0.1) is 0 Å². The number of carbonyl (C=O) groups is 1. The van der Waals surface area contributed by atoms with Gasteiger partial charge in [0.1, 0.15) is 18.0 Å². The number of halogens is 1. The molecule has 0 unspecified atom stereocenters. The van der Waals surface area contributed by atoms with Gasteiger partial charge < -0.3 is 5.32 Å². The van der Waals surface area contributed by atoms with Crippen molar-refractivity contribution in [2.75, 3.05) is 0 Å². The van der Waals surface area contributed by atoms with Crippen LogP contribution >= 0.6 is 0 Å². The van der Waals surface area contributed by atoms with Crippen LogP contribution in [0.1, 0.15) is 33.9 Å². The van der Waals surface area contributed by atoms with Gasteiger partial charge in [-0.05, 0) is 48.2 Å². The van der Waals surface area contributed by atoms with Gasteiger partial charge in [-0.25, -0.2) is 14.4 Å². The van der Waals surface area contributed by atoms with E-state index in [-0.39, 0.29) is 17.8 Å². The van der Waals surface area contributed by atoms with Crippen molar-refractivity contribution >= 4 is 5.91 Å². The van der Waals surface area contributed by atoms with E-state index in [9.17, 15) is 9.18 Å². The number of pyridine rings is 1. The number of fused-ring (bicyclic) bond motifs is 1. The molecule has 0 fully saturated rings. The molecule has 0 aliphatic heterocycles. The summed E-state index contributed by atoms with van der Waals surface area (Å²) < 4.78 is 15.0. The van der Waals surface area contributed by atoms with Crippen molar-refractivity contribution in [1.82, 2.24) is 19.9 Å². The predicted octanol–water partition coefficient (Wildman–Crippen LogP) is 2.82. The number of carbonyl (C=O) groups excluding carboxylic acids is 1. The normalized spacial score (nSPS) is 16.0. The topological polar surface area (TPSA) is 59.8 Å². The van der Waals surface area contributed by atoms with Crippen LogP contribution in [0.15, 0.2) is 55.2 Å². The van der Waals surface area contributed by atoms with E-state index in [2.05, 4.69) is 15.3 Å². The summed E-state index contributed by atoms with van der Waals surface area (Å²) in [7, 11) is 0. The zero-order chi connectivity index (χ0) is 16.5. The minimum absolute atomic E-state index is 0.0852. The van der Waals surface area contributed by atoms with Gasteiger partial charge in [0.25, 0.3) is 5.91 Å². The molecule has 1 aliphatic rings. The highest BCUT2D eigenvalue weighted by Gasteiger charge is 2.24. The van der Waals surface area contributed by atoms with E-state index in [0.29, 0.717) is 11.4 Å². The Morgan fingerprint density at radius 1 is 1.25 bits per heavy atom. The van der Waals surface area contributed by atoms with Crippen LogP contribution in [0, 0.1) is 5.82 Å². The van der Waals surface area contributed by atoms with E-state index in [1.165, 1.54) is 6.07 Å². The molecule has 0 bridgehead atoms. The maximum Gasteiger partial charge on any atom is 0.251 e. The Balaban J connectivity index is 1.55. The third kappa shape index (κ3) is 2.67. The van der Waals surface area contributed by atoms with Crippen LogP contribution in [0.3, 0.4) is 0 Å². The standard InChI is InChI=1S/C18H15FN4O/c19-14-2-3-15-12(9-14)1-4-16(15)22-18(24)13-5-6-21-17(10-13)23-8-7-20-11-23/h2-3,5-11,16H,1,4H2,(H,22,24)/t16-/m0/s1. The minimum Gasteiger partial charge on any atom is -0.345 e. The second kappa shape index (κ2) is 5.88. The SMILES string of the molecule is O=C(N[C@H]1CCc2cc(F)ccc21)c1ccnc(-n2ccnc2)c1. The van der Waals surface area contributed by atoms with Crippen molar-refractivity contribution in [3.8, 4) is 5.82 Å².